The lowest BCUT2D eigenvalue weighted by molar-refractivity contribution is -0.0500. The number of sulfone groups is 1. The number of nitrogens with one attached hydrogen (secondary N) is 1. The minimum absolute atomic E-state index is 0. The van der Waals surface area contributed by atoms with Crippen LogP contribution in [-0.2, 0) is 9.84 Å². The number of hydrogen-bond acceptors (Lipinski definition) is 7. The Balaban J connectivity index is 0.00000380. The van der Waals surface area contributed by atoms with Crippen molar-refractivity contribution in [1.82, 2.24) is 20.3 Å². The number of carbonyl (C=O) groups is 1. The Bertz CT molecular complexity index is 1550. The van der Waals surface area contributed by atoms with Gasteiger partial charge in [-0.15, -0.1) is 0 Å². The van der Waals surface area contributed by atoms with E-state index < -0.39 is 34.1 Å². The van der Waals surface area contributed by atoms with Crippen molar-refractivity contribution >= 4 is 38.4 Å². The standard InChI is InChI=1S/C24H19ClF2N4O4S.CH4/c1-13(29-23(32)14-9-16(35-24(26)27)11-17(10-14)36(2,33)34)21-22(20-8-7-15(25)12-28-20)31-19-6-4-3-5-18(19)30-21;/h3-13,24H,1-2H3,(H,29,32);1H4/t13-;/m0./s1. The number of pyridine rings is 1. The van der Waals surface area contributed by atoms with Crippen LogP contribution in [0.2, 0.25) is 5.02 Å². The van der Waals surface area contributed by atoms with E-state index in [1.165, 1.54) is 6.20 Å². The second-order valence-electron chi connectivity index (χ2n) is 7.85. The van der Waals surface area contributed by atoms with Crippen LogP contribution >= 0.6 is 11.6 Å². The fourth-order valence-corrected chi connectivity index (χ4v) is 4.24. The Morgan fingerprint density at radius 3 is 2.32 bits per heavy atom. The van der Waals surface area contributed by atoms with Gasteiger partial charge in [0.15, 0.2) is 9.84 Å². The molecule has 0 spiro atoms. The molecule has 8 nitrogen and oxygen atoms in total. The first-order chi connectivity index (χ1) is 17.0. The molecule has 0 aliphatic carbocycles. The number of halogens is 3. The Morgan fingerprint density at radius 2 is 1.73 bits per heavy atom. The summed E-state index contributed by atoms with van der Waals surface area (Å²) in [7, 11) is -3.81. The van der Waals surface area contributed by atoms with Gasteiger partial charge in [-0.1, -0.05) is 31.2 Å². The first-order valence-corrected chi connectivity index (χ1v) is 12.8. The molecule has 0 aliphatic rings. The van der Waals surface area contributed by atoms with Crippen molar-refractivity contribution in [3.63, 3.8) is 0 Å². The lowest BCUT2D eigenvalue weighted by Gasteiger charge is -2.18. The number of hydrogen-bond donors (Lipinski definition) is 1. The number of amides is 1. The van der Waals surface area contributed by atoms with Gasteiger partial charge in [-0.05, 0) is 49.4 Å². The van der Waals surface area contributed by atoms with E-state index in [2.05, 4.69) is 25.0 Å². The molecule has 4 rings (SSSR count). The average Bonchev–Trinajstić information content (AvgIpc) is 2.82. The summed E-state index contributed by atoms with van der Waals surface area (Å²) in [5, 5.41) is 3.16. The van der Waals surface area contributed by atoms with Gasteiger partial charge in [0.1, 0.15) is 11.4 Å². The van der Waals surface area contributed by atoms with Crippen LogP contribution < -0.4 is 10.1 Å². The second-order valence-corrected chi connectivity index (χ2v) is 10.3. The second kappa shape index (κ2) is 11.1. The van der Waals surface area contributed by atoms with E-state index in [9.17, 15) is 22.0 Å². The molecule has 0 unspecified atom stereocenters. The molecule has 2 aromatic heterocycles. The number of nitrogens with zero attached hydrogens (tertiary/aromatic N) is 3. The van der Waals surface area contributed by atoms with Crippen molar-refractivity contribution in [2.45, 2.75) is 31.9 Å². The molecule has 0 bridgehead atoms. The maximum Gasteiger partial charge on any atom is 0.387 e. The van der Waals surface area contributed by atoms with Gasteiger partial charge in [-0.25, -0.2) is 18.4 Å². The van der Waals surface area contributed by atoms with E-state index in [1.807, 2.05) is 6.07 Å². The molecule has 194 valence electrons. The van der Waals surface area contributed by atoms with Crippen molar-refractivity contribution in [2.24, 2.45) is 0 Å². The third-order valence-electron chi connectivity index (χ3n) is 5.12. The highest BCUT2D eigenvalue weighted by Gasteiger charge is 2.22. The number of rotatable bonds is 7. The fraction of sp³-hybridized carbons (Fsp3) is 0.200. The Labute approximate surface area is 217 Å². The third kappa shape index (κ3) is 6.55. The van der Waals surface area contributed by atoms with Gasteiger partial charge in [0, 0.05) is 18.0 Å². The number of ether oxygens (including phenoxy) is 1. The van der Waals surface area contributed by atoms with Gasteiger partial charge < -0.3 is 10.1 Å². The molecule has 2 heterocycles. The van der Waals surface area contributed by atoms with Crippen molar-refractivity contribution in [1.29, 1.82) is 0 Å². The first kappa shape index (κ1) is 27.9. The lowest BCUT2D eigenvalue weighted by atomic mass is 10.1. The van der Waals surface area contributed by atoms with Gasteiger partial charge in [0.2, 0.25) is 0 Å². The monoisotopic (exact) mass is 548 g/mol. The van der Waals surface area contributed by atoms with Crippen molar-refractivity contribution in [3.05, 3.63) is 77.1 Å². The summed E-state index contributed by atoms with van der Waals surface area (Å²) in [5.41, 5.74) is 2.28. The van der Waals surface area contributed by atoms with Crippen LogP contribution in [0.5, 0.6) is 5.75 Å². The smallest absolute Gasteiger partial charge is 0.387 e. The molecule has 37 heavy (non-hydrogen) atoms. The SMILES string of the molecule is C.C[C@H](NC(=O)c1cc(OC(F)F)cc(S(C)(=O)=O)c1)c1nc2ccccc2nc1-c1ccc(Cl)cn1. The normalized spacial score (nSPS) is 12.2. The fourth-order valence-electron chi connectivity index (χ4n) is 3.46. The average molecular weight is 549 g/mol. The summed E-state index contributed by atoms with van der Waals surface area (Å²) < 4.78 is 53.9. The summed E-state index contributed by atoms with van der Waals surface area (Å²) in [6, 6.07) is 12.8. The minimum Gasteiger partial charge on any atom is -0.435 e. The molecule has 1 atom stereocenters. The van der Waals surface area contributed by atoms with Crippen LogP contribution in [0.4, 0.5) is 8.78 Å². The number of carbonyl (C=O) groups excluding carboxylic acids is 1. The molecule has 2 aromatic carbocycles. The minimum atomic E-state index is -3.81. The molecule has 4 aromatic rings. The summed E-state index contributed by atoms with van der Waals surface area (Å²) in [4.78, 5) is 26.4. The lowest BCUT2D eigenvalue weighted by Crippen LogP contribution is -2.28. The Hall–Kier alpha value is -3.70. The van der Waals surface area contributed by atoms with E-state index in [-0.39, 0.29) is 17.9 Å². The third-order valence-corrected chi connectivity index (χ3v) is 6.44. The van der Waals surface area contributed by atoms with Crippen LogP contribution in [0.3, 0.4) is 0 Å². The number of aromatic nitrogens is 3. The molecule has 0 radical (unpaired) electrons. The van der Waals surface area contributed by atoms with Gasteiger partial charge in [0.05, 0.1) is 38.4 Å². The summed E-state index contributed by atoms with van der Waals surface area (Å²) in [5.74, 6) is -1.18. The summed E-state index contributed by atoms with van der Waals surface area (Å²) in [6.07, 6.45) is 2.36. The highest BCUT2D eigenvalue weighted by Crippen LogP contribution is 2.28. The molecule has 0 saturated carbocycles. The maximum absolute atomic E-state index is 13.1. The number of para-hydroxylation sites is 2. The van der Waals surface area contributed by atoms with Gasteiger partial charge in [0.25, 0.3) is 5.91 Å². The largest absolute Gasteiger partial charge is 0.435 e. The van der Waals surface area contributed by atoms with E-state index in [1.54, 1.807) is 37.3 Å². The highest BCUT2D eigenvalue weighted by atomic mass is 35.5. The van der Waals surface area contributed by atoms with E-state index in [0.717, 1.165) is 24.5 Å². The Kier molecular flexibility index (Phi) is 8.39. The van der Waals surface area contributed by atoms with Crippen LogP contribution in [0.1, 0.15) is 36.4 Å². The molecule has 0 saturated heterocycles. The topological polar surface area (TPSA) is 111 Å². The zero-order valence-corrected chi connectivity index (χ0v) is 20.5. The van der Waals surface area contributed by atoms with E-state index in [4.69, 9.17) is 11.6 Å². The predicted octanol–water partition coefficient (Wildman–Crippen LogP) is 5.48. The number of benzene rings is 2. The van der Waals surface area contributed by atoms with Crippen molar-refractivity contribution in [3.8, 4) is 17.1 Å². The van der Waals surface area contributed by atoms with E-state index >= 15 is 0 Å². The summed E-state index contributed by atoms with van der Waals surface area (Å²) >= 11 is 5.97. The molecule has 0 aliphatic heterocycles. The van der Waals surface area contributed by atoms with Gasteiger partial charge >= 0.3 is 6.61 Å². The molecule has 0 fully saturated rings. The number of fused-ring (bicyclic) bond motifs is 1. The first-order valence-electron chi connectivity index (χ1n) is 10.5. The van der Waals surface area contributed by atoms with Gasteiger partial charge in [-0.3, -0.25) is 9.78 Å². The molecular formula is C25H23ClF2N4O4S. The Morgan fingerprint density at radius 1 is 1.05 bits per heavy atom. The van der Waals surface area contributed by atoms with Crippen LogP contribution in [-0.4, -0.2) is 42.1 Å². The molecule has 1 amide bonds. The zero-order chi connectivity index (χ0) is 26.0. The van der Waals surface area contributed by atoms with Crippen LogP contribution in [0, 0.1) is 0 Å². The number of alkyl halides is 2. The predicted molar refractivity (Wildman–Crippen MR) is 137 cm³/mol. The van der Waals surface area contributed by atoms with Gasteiger partial charge in [-0.2, -0.15) is 8.78 Å². The van der Waals surface area contributed by atoms with Crippen molar-refractivity contribution in [2.75, 3.05) is 6.26 Å². The molecule has 1 N–H and O–H groups in total. The zero-order valence-electron chi connectivity index (χ0n) is 18.9. The van der Waals surface area contributed by atoms with Crippen LogP contribution in [0.25, 0.3) is 22.4 Å². The maximum atomic E-state index is 13.1. The summed E-state index contributed by atoms with van der Waals surface area (Å²) in [6.45, 7) is -1.54. The quantitative estimate of drug-likeness (QED) is 0.325. The van der Waals surface area contributed by atoms with Crippen molar-refractivity contribution < 1.29 is 26.7 Å². The van der Waals surface area contributed by atoms with E-state index in [0.29, 0.717) is 33.1 Å². The molecule has 12 heteroatoms. The highest BCUT2D eigenvalue weighted by molar-refractivity contribution is 7.90. The van der Waals surface area contributed by atoms with Crippen LogP contribution in [0.15, 0.2) is 65.7 Å². The molecular weight excluding hydrogens is 526 g/mol.